The van der Waals surface area contributed by atoms with Crippen molar-refractivity contribution in [3.63, 3.8) is 0 Å². The minimum atomic E-state index is 0.351. The predicted molar refractivity (Wildman–Crippen MR) is 91.6 cm³/mol. The van der Waals surface area contributed by atoms with Crippen molar-refractivity contribution in [3.8, 4) is 6.07 Å². The molecule has 3 heteroatoms. The van der Waals surface area contributed by atoms with E-state index in [4.69, 9.17) is 10.4 Å². The maximum absolute atomic E-state index is 8.79. The second kappa shape index (κ2) is 9.92. The zero-order chi connectivity index (χ0) is 16.4. The number of fused-ring (bicyclic) bond motifs is 1. The minimum Gasteiger partial charge on any atom is -0.396 e. The van der Waals surface area contributed by atoms with E-state index < -0.39 is 0 Å². The molecule has 1 unspecified atom stereocenters. The maximum atomic E-state index is 8.79. The number of benzene rings is 1. The number of hydrogen-bond donors (Lipinski definition) is 1. The molecular weight excluding hydrogens is 272 g/mol. The quantitative estimate of drug-likeness (QED) is 0.820. The molecule has 22 heavy (non-hydrogen) atoms. The van der Waals surface area contributed by atoms with Gasteiger partial charge < -0.3 is 5.11 Å². The summed E-state index contributed by atoms with van der Waals surface area (Å²) in [4.78, 5) is 3.99. The molecule has 0 aliphatic carbocycles. The highest BCUT2D eigenvalue weighted by atomic mass is 16.3. The average molecular weight is 298 g/mol. The first-order chi connectivity index (χ1) is 10.6. The minimum absolute atomic E-state index is 0.351. The van der Waals surface area contributed by atoms with E-state index in [1.54, 1.807) is 6.20 Å². The van der Waals surface area contributed by atoms with Crippen molar-refractivity contribution in [2.75, 3.05) is 6.61 Å². The van der Waals surface area contributed by atoms with Crippen LogP contribution in [-0.2, 0) is 0 Å². The van der Waals surface area contributed by atoms with E-state index in [-0.39, 0.29) is 0 Å². The summed E-state index contributed by atoms with van der Waals surface area (Å²) in [5.41, 5.74) is 1.69. The van der Waals surface area contributed by atoms with Crippen LogP contribution in [0, 0.1) is 24.2 Å². The zero-order valence-corrected chi connectivity index (χ0v) is 13.8. The van der Waals surface area contributed by atoms with Gasteiger partial charge in [-0.25, -0.2) is 4.98 Å². The van der Waals surface area contributed by atoms with Crippen molar-refractivity contribution in [2.24, 2.45) is 5.92 Å². The fourth-order valence-electron chi connectivity index (χ4n) is 2.22. The first-order valence-corrected chi connectivity index (χ1v) is 7.98. The van der Waals surface area contributed by atoms with Gasteiger partial charge in [-0.05, 0) is 30.7 Å². The Labute approximate surface area is 133 Å². The molecule has 0 amide bonds. The van der Waals surface area contributed by atoms with Crippen molar-refractivity contribution in [2.45, 2.75) is 46.5 Å². The van der Waals surface area contributed by atoms with Gasteiger partial charge in [0.1, 0.15) is 11.8 Å². The van der Waals surface area contributed by atoms with Crippen LogP contribution in [0.5, 0.6) is 0 Å². The first kappa shape index (κ1) is 18.1. The lowest BCUT2D eigenvalue weighted by Gasteiger charge is -2.04. The number of hydrogen-bond acceptors (Lipinski definition) is 3. The van der Waals surface area contributed by atoms with Crippen molar-refractivity contribution in [3.05, 3.63) is 41.7 Å². The van der Waals surface area contributed by atoms with Crippen LogP contribution in [-0.4, -0.2) is 16.7 Å². The molecule has 0 saturated carbocycles. The summed E-state index contributed by atoms with van der Waals surface area (Å²) in [5, 5.41) is 19.4. The summed E-state index contributed by atoms with van der Waals surface area (Å²) in [6.45, 7) is 6.68. The van der Waals surface area contributed by atoms with Crippen molar-refractivity contribution in [1.82, 2.24) is 4.98 Å². The summed E-state index contributed by atoms with van der Waals surface area (Å²) < 4.78 is 0. The fourth-order valence-corrected chi connectivity index (χ4v) is 2.22. The van der Waals surface area contributed by atoms with Gasteiger partial charge in [-0.2, -0.15) is 5.26 Å². The number of aryl methyl sites for hydroxylation is 1. The van der Waals surface area contributed by atoms with Gasteiger partial charge in [0.2, 0.25) is 0 Å². The topological polar surface area (TPSA) is 56.9 Å². The Hall–Kier alpha value is -1.92. The monoisotopic (exact) mass is 298 g/mol. The highest BCUT2D eigenvalue weighted by molar-refractivity contribution is 5.86. The largest absolute Gasteiger partial charge is 0.396 e. The molecule has 0 fully saturated rings. The molecule has 0 bridgehead atoms. The van der Waals surface area contributed by atoms with Gasteiger partial charge >= 0.3 is 0 Å². The van der Waals surface area contributed by atoms with Gasteiger partial charge in [-0.15, -0.1) is 0 Å². The fraction of sp³-hybridized carbons (Fsp3) is 0.474. The molecule has 3 nitrogen and oxygen atoms in total. The second-order valence-electron chi connectivity index (χ2n) is 5.78. The van der Waals surface area contributed by atoms with E-state index in [2.05, 4.69) is 31.0 Å². The first-order valence-electron chi connectivity index (χ1n) is 7.98. The Bertz CT molecular complexity index is 616. The molecule has 0 aliphatic heterocycles. The van der Waals surface area contributed by atoms with Crippen LogP contribution in [0.4, 0.5) is 0 Å². The predicted octanol–water partition coefficient (Wildman–Crippen LogP) is 4.61. The van der Waals surface area contributed by atoms with Crippen molar-refractivity contribution in [1.29, 1.82) is 5.26 Å². The standard InChI is InChI=1S/C11H8N2.C8H18O/c1-8-2-3-10-9(6-8)4-5-13-11(10)7-12;1-3-4-5-6-8(2)7-9/h2-6H,1H3;8-9H,3-7H2,1-2H3. The number of rotatable bonds is 5. The van der Waals surface area contributed by atoms with Gasteiger partial charge in [-0.1, -0.05) is 56.9 Å². The molecule has 1 heterocycles. The van der Waals surface area contributed by atoms with Crippen LogP contribution in [0.15, 0.2) is 30.5 Å². The third-order valence-corrected chi connectivity index (χ3v) is 3.64. The Kier molecular flexibility index (Phi) is 8.17. The van der Waals surface area contributed by atoms with Crippen LogP contribution in [0.3, 0.4) is 0 Å². The lowest BCUT2D eigenvalue weighted by Crippen LogP contribution is -1.99. The smallest absolute Gasteiger partial charge is 0.148 e. The molecule has 1 aromatic heterocycles. The summed E-state index contributed by atoms with van der Waals surface area (Å²) in [6.07, 6.45) is 6.71. The summed E-state index contributed by atoms with van der Waals surface area (Å²) >= 11 is 0. The molecule has 2 rings (SSSR count). The van der Waals surface area contributed by atoms with E-state index in [9.17, 15) is 0 Å². The highest BCUT2D eigenvalue weighted by Crippen LogP contribution is 2.17. The van der Waals surface area contributed by atoms with Crippen molar-refractivity contribution >= 4 is 10.8 Å². The number of nitrogens with zero attached hydrogens (tertiary/aromatic N) is 2. The summed E-state index contributed by atoms with van der Waals surface area (Å²) in [5.74, 6) is 0.511. The van der Waals surface area contributed by atoms with Gasteiger partial charge in [0.25, 0.3) is 0 Å². The number of aromatic nitrogens is 1. The van der Waals surface area contributed by atoms with Crippen LogP contribution in [0.2, 0.25) is 0 Å². The Balaban J connectivity index is 0.000000239. The maximum Gasteiger partial charge on any atom is 0.148 e. The van der Waals surface area contributed by atoms with E-state index in [1.165, 1.54) is 31.2 Å². The van der Waals surface area contributed by atoms with Crippen molar-refractivity contribution < 1.29 is 5.11 Å². The number of aliphatic hydroxyl groups excluding tert-OH is 1. The molecule has 0 saturated heterocycles. The lowest BCUT2D eigenvalue weighted by molar-refractivity contribution is 0.227. The Morgan fingerprint density at radius 2 is 2.05 bits per heavy atom. The molecule has 0 radical (unpaired) electrons. The van der Waals surface area contributed by atoms with Gasteiger partial charge in [0.05, 0.1) is 0 Å². The summed E-state index contributed by atoms with van der Waals surface area (Å²) in [7, 11) is 0. The molecular formula is C19H26N2O. The third kappa shape index (κ3) is 5.83. The van der Waals surface area contributed by atoms with E-state index in [0.717, 1.165) is 10.8 Å². The molecule has 2 aromatic rings. The molecule has 1 aromatic carbocycles. The summed E-state index contributed by atoms with van der Waals surface area (Å²) in [6, 6.07) is 9.98. The van der Waals surface area contributed by atoms with Crippen LogP contribution in [0.25, 0.3) is 10.8 Å². The normalized spacial score (nSPS) is 11.4. The Morgan fingerprint density at radius 3 is 2.68 bits per heavy atom. The van der Waals surface area contributed by atoms with Gasteiger partial charge in [0, 0.05) is 18.2 Å². The molecule has 118 valence electrons. The van der Waals surface area contributed by atoms with Crippen LogP contribution < -0.4 is 0 Å². The Morgan fingerprint density at radius 1 is 1.27 bits per heavy atom. The van der Waals surface area contributed by atoms with E-state index in [0.29, 0.717) is 18.2 Å². The molecule has 1 N–H and O–H groups in total. The van der Waals surface area contributed by atoms with Crippen LogP contribution in [0.1, 0.15) is 50.8 Å². The highest BCUT2D eigenvalue weighted by Gasteiger charge is 2.00. The molecule has 0 spiro atoms. The third-order valence-electron chi connectivity index (χ3n) is 3.64. The van der Waals surface area contributed by atoms with E-state index >= 15 is 0 Å². The molecule has 0 aliphatic rings. The number of unbranched alkanes of at least 4 members (excludes halogenated alkanes) is 2. The van der Waals surface area contributed by atoms with Gasteiger partial charge in [-0.3, -0.25) is 0 Å². The SMILES string of the molecule is CCCCCC(C)CO.Cc1ccc2c(C#N)nccc2c1. The zero-order valence-electron chi connectivity index (χ0n) is 13.8. The second-order valence-corrected chi connectivity index (χ2v) is 5.78. The molecule has 1 atom stereocenters. The van der Waals surface area contributed by atoms with Crippen LogP contribution >= 0.6 is 0 Å². The average Bonchev–Trinajstić information content (AvgIpc) is 2.54. The number of nitriles is 1. The van der Waals surface area contributed by atoms with E-state index in [1.807, 2.05) is 25.1 Å². The number of aliphatic hydroxyl groups is 1. The van der Waals surface area contributed by atoms with Gasteiger partial charge in [0.15, 0.2) is 0 Å². The lowest BCUT2D eigenvalue weighted by atomic mass is 10.0. The number of pyridine rings is 1.